The van der Waals surface area contributed by atoms with Crippen molar-refractivity contribution in [3.05, 3.63) is 89.1 Å². The quantitative estimate of drug-likeness (QED) is 0.536. The normalized spacial score (nSPS) is 10.9. The lowest BCUT2D eigenvalue weighted by molar-refractivity contribution is 0.0724. The van der Waals surface area contributed by atoms with Crippen LogP contribution in [0.2, 0.25) is 0 Å². The third kappa shape index (κ3) is 3.87. The van der Waals surface area contributed by atoms with E-state index in [0.717, 1.165) is 33.8 Å². The summed E-state index contributed by atoms with van der Waals surface area (Å²) in [5, 5.41) is 11.8. The van der Waals surface area contributed by atoms with Crippen LogP contribution in [0.3, 0.4) is 0 Å². The summed E-state index contributed by atoms with van der Waals surface area (Å²) >= 11 is 0. The molecule has 4 aromatic rings. The molecule has 1 N–H and O–H groups in total. The van der Waals surface area contributed by atoms with Crippen molar-refractivity contribution in [3.8, 4) is 11.3 Å². The summed E-state index contributed by atoms with van der Waals surface area (Å²) in [6.45, 7) is 4.84. The molecule has 0 aliphatic heterocycles. The Bertz CT molecular complexity index is 1150. The molecule has 0 unspecified atom stereocenters. The van der Waals surface area contributed by atoms with E-state index in [1.807, 2.05) is 62.0 Å². The van der Waals surface area contributed by atoms with Crippen molar-refractivity contribution < 1.29 is 4.79 Å². The third-order valence-electron chi connectivity index (χ3n) is 5.32. The molecule has 3 heterocycles. The fourth-order valence-corrected chi connectivity index (χ4v) is 3.58. The van der Waals surface area contributed by atoms with Crippen LogP contribution in [0.4, 0.5) is 0 Å². The van der Waals surface area contributed by atoms with E-state index in [0.29, 0.717) is 18.8 Å². The first kappa shape index (κ1) is 19.6. The number of carbonyl (C=O) groups is 1. The maximum atomic E-state index is 13.4. The number of pyridine rings is 1. The third-order valence-corrected chi connectivity index (χ3v) is 5.32. The van der Waals surface area contributed by atoms with Crippen molar-refractivity contribution in [2.45, 2.75) is 26.9 Å². The van der Waals surface area contributed by atoms with Crippen molar-refractivity contribution >= 4 is 5.91 Å². The Labute approximate surface area is 175 Å². The molecule has 0 atom stereocenters. The molecule has 0 aliphatic carbocycles. The van der Waals surface area contributed by atoms with Gasteiger partial charge in [-0.25, -0.2) is 0 Å². The van der Waals surface area contributed by atoms with Gasteiger partial charge in [0.2, 0.25) is 0 Å². The fraction of sp³-hybridized carbons (Fsp3) is 0.217. The largest absolute Gasteiger partial charge is 0.328 e. The van der Waals surface area contributed by atoms with Crippen molar-refractivity contribution in [1.82, 2.24) is 29.9 Å². The van der Waals surface area contributed by atoms with Gasteiger partial charge >= 0.3 is 0 Å². The number of aromatic nitrogens is 5. The molecule has 7 nitrogen and oxygen atoms in total. The molecule has 0 spiro atoms. The summed E-state index contributed by atoms with van der Waals surface area (Å²) in [4.78, 5) is 19.4. The van der Waals surface area contributed by atoms with E-state index in [1.165, 1.54) is 0 Å². The monoisotopic (exact) mass is 400 g/mol. The topological polar surface area (TPSA) is 79.7 Å². The van der Waals surface area contributed by atoms with Crippen LogP contribution in [-0.4, -0.2) is 35.8 Å². The van der Waals surface area contributed by atoms with E-state index in [-0.39, 0.29) is 5.91 Å². The van der Waals surface area contributed by atoms with Crippen LogP contribution in [0.1, 0.15) is 33.0 Å². The van der Waals surface area contributed by atoms with Crippen molar-refractivity contribution in [2.75, 3.05) is 0 Å². The van der Waals surface area contributed by atoms with Crippen LogP contribution in [0.25, 0.3) is 11.3 Å². The maximum absolute atomic E-state index is 13.4. The first-order valence-electron chi connectivity index (χ1n) is 9.81. The van der Waals surface area contributed by atoms with Crippen molar-refractivity contribution in [2.24, 2.45) is 7.05 Å². The summed E-state index contributed by atoms with van der Waals surface area (Å²) in [6, 6.07) is 15.4. The number of benzene rings is 1. The maximum Gasteiger partial charge on any atom is 0.273 e. The number of nitrogens with zero attached hydrogens (tertiary/aromatic N) is 5. The minimum atomic E-state index is -0.126. The Morgan fingerprint density at radius 2 is 1.83 bits per heavy atom. The number of H-pyrrole nitrogens is 1. The van der Waals surface area contributed by atoms with Crippen LogP contribution in [0, 0.1) is 13.8 Å². The highest BCUT2D eigenvalue weighted by Gasteiger charge is 2.23. The van der Waals surface area contributed by atoms with Gasteiger partial charge in [0.15, 0.2) is 0 Å². The first-order chi connectivity index (χ1) is 14.5. The van der Waals surface area contributed by atoms with Gasteiger partial charge in [-0.1, -0.05) is 36.4 Å². The Balaban J connectivity index is 1.70. The van der Waals surface area contributed by atoms with Gasteiger partial charge in [0, 0.05) is 30.1 Å². The van der Waals surface area contributed by atoms with E-state index >= 15 is 0 Å². The number of hydrogen-bond donors (Lipinski definition) is 1. The summed E-state index contributed by atoms with van der Waals surface area (Å²) in [6.07, 6.45) is 3.42. The van der Waals surface area contributed by atoms with E-state index in [4.69, 9.17) is 0 Å². The summed E-state index contributed by atoms with van der Waals surface area (Å²) in [5.74, 6) is -0.126. The van der Waals surface area contributed by atoms with Crippen LogP contribution in [-0.2, 0) is 20.1 Å². The Hall–Kier alpha value is -3.74. The Kier molecular flexibility index (Phi) is 5.43. The van der Waals surface area contributed by atoms with Gasteiger partial charge in [0.25, 0.3) is 5.91 Å². The summed E-state index contributed by atoms with van der Waals surface area (Å²) in [5.41, 5.74) is 6.32. The smallest absolute Gasteiger partial charge is 0.273 e. The second-order valence-corrected chi connectivity index (χ2v) is 7.29. The molecule has 152 valence electrons. The van der Waals surface area contributed by atoms with E-state index in [2.05, 4.69) is 20.3 Å². The van der Waals surface area contributed by atoms with Crippen LogP contribution < -0.4 is 0 Å². The lowest BCUT2D eigenvalue weighted by Gasteiger charge is -2.23. The molecular formula is C23H24N6O. The number of aryl methyl sites for hydroxylation is 2. The molecule has 4 rings (SSSR count). The zero-order chi connectivity index (χ0) is 21.1. The average Bonchev–Trinajstić information content (AvgIpc) is 3.33. The Morgan fingerprint density at radius 3 is 2.50 bits per heavy atom. The predicted molar refractivity (Wildman–Crippen MR) is 115 cm³/mol. The van der Waals surface area contributed by atoms with Crippen LogP contribution in [0.15, 0.2) is 60.9 Å². The van der Waals surface area contributed by atoms with Gasteiger partial charge in [0.05, 0.1) is 30.7 Å². The number of rotatable bonds is 6. The zero-order valence-electron chi connectivity index (χ0n) is 17.3. The number of hydrogen-bond acceptors (Lipinski definition) is 4. The standard InChI is InChI=1S/C23H24N6O/c1-16-20(17(2)28(3)27-16)15-29(23(30)21-11-7-8-12-24-21)14-19-13-25-26-22(19)18-9-5-4-6-10-18/h4-13H,14-15H2,1-3H3,(H,25,26). The van der Waals surface area contributed by atoms with Crippen molar-refractivity contribution in [1.29, 1.82) is 0 Å². The van der Waals surface area contributed by atoms with Crippen molar-refractivity contribution in [3.63, 3.8) is 0 Å². The molecule has 0 saturated carbocycles. The van der Waals surface area contributed by atoms with Gasteiger partial charge < -0.3 is 4.90 Å². The van der Waals surface area contributed by atoms with Crippen LogP contribution >= 0.6 is 0 Å². The highest BCUT2D eigenvalue weighted by molar-refractivity contribution is 5.92. The minimum absolute atomic E-state index is 0.126. The predicted octanol–water partition coefficient (Wildman–Crippen LogP) is 3.66. The molecule has 0 fully saturated rings. The second kappa shape index (κ2) is 8.32. The minimum Gasteiger partial charge on any atom is -0.328 e. The van der Waals surface area contributed by atoms with Gasteiger partial charge in [-0.3, -0.25) is 19.6 Å². The lowest BCUT2D eigenvalue weighted by Crippen LogP contribution is -2.31. The number of carbonyl (C=O) groups excluding carboxylic acids is 1. The Morgan fingerprint density at radius 1 is 1.07 bits per heavy atom. The molecule has 0 aliphatic rings. The molecule has 0 saturated heterocycles. The first-order valence-corrected chi connectivity index (χ1v) is 9.81. The SMILES string of the molecule is Cc1nn(C)c(C)c1CN(Cc1cn[nH]c1-c1ccccc1)C(=O)c1ccccn1. The number of nitrogens with one attached hydrogen (secondary N) is 1. The summed E-state index contributed by atoms with van der Waals surface area (Å²) in [7, 11) is 1.92. The summed E-state index contributed by atoms with van der Waals surface area (Å²) < 4.78 is 1.85. The molecule has 3 aromatic heterocycles. The molecule has 1 aromatic carbocycles. The van der Waals surface area contributed by atoms with E-state index in [1.54, 1.807) is 29.4 Å². The van der Waals surface area contributed by atoms with E-state index in [9.17, 15) is 4.79 Å². The van der Waals surface area contributed by atoms with E-state index < -0.39 is 0 Å². The van der Waals surface area contributed by atoms with Gasteiger partial charge in [-0.15, -0.1) is 0 Å². The van der Waals surface area contributed by atoms with Gasteiger partial charge in [-0.2, -0.15) is 10.2 Å². The highest BCUT2D eigenvalue weighted by atomic mass is 16.2. The van der Waals surface area contributed by atoms with Gasteiger partial charge in [0.1, 0.15) is 5.69 Å². The zero-order valence-corrected chi connectivity index (χ0v) is 17.3. The lowest BCUT2D eigenvalue weighted by atomic mass is 10.1. The average molecular weight is 400 g/mol. The molecule has 1 amide bonds. The fourth-order valence-electron chi connectivity index (χ4n) is 3.58. The van der Waals surface area contributed by atoms with Gasteiger partial charge in [-0.05, 0) is 31.5 Å². The highest BCUT2D eigenvalue weighted by Crippen LogP contribution is 2.24. The molecule has 0 radical (unpaired) electrons. The molecule has 7 heteroatoms. The number of amides is 1. The second-order valence-electron chi connectivity index (χ2n) is 7.29. The van der Waals surface area contributed by atoms with Crippen LogP contribution in [0.5, 0.6) is 0 Å². The molecule has 30 heavy (non-hydrogen) atoms. The molecular weight excluding hydrogens is 376 g/mol. The number of aromatic amines is 1. The molecule has 0 bridgehead atoms.